The van der Waals surface area contributed by atoms with E-state index in [9.17, 15) is 9.59 Å². The molecule has 1 aliphatic rings. The number of hydrogen-bond acceptors (Lipinski definition) is 2. The van der Waals surface area contributed by atoms with Gasteiger partial charge in [-0.25, -0.2) is 0 Å². The molecule has 1 aliphatic carbocycles. The van der Waals surface area contributed by atoms with Crippen molar-refractivity contribution >= 4 is 23.4 Å². The second-order valence-electron chi connectivity index (χ2n) is 6.84. The number of aromatic nitrogens is 1. The Hall–Kier alpha value is -2.53. The van der Waals surface area contributed by atoms with Crippen LogP contribution in [-0.4, -0.2) is 45.3 Å². The van der Waals surface area contributed by atoms with Crippen molar-refractivity contribution in [2.75, 3.05) is 13.1 Å². The summed E-state index contributed by atoms with van der Waals surface area (Å²) in [4.78, 5) is 29.2. The maximum Gasteiger partial charge on any atom is 0.254 e. The minimum Gasteiger partial charge on any atom is -0.353 e. The van der Waals surface area contributed by atoms with E-state index in [1.165, 1.54) is 4.90 Å². The predicted molar refractivity (Wildman–Crippen MR) is 107 cm³/mol. The summed E-state index contributed by atoms with van der Waals surface area (Å²) in [5.41, 5.74) is 1.59. The molecule has 0 N–H and O–H groups in total. The SMILES string of the molecule is C=CCN(CC(=O)N(Cc1cccn1C)C1CC1)C(=O)c1ccc(Cl)cc1. The van der Waals surface area contributed by atoms with Crippen LogP contribution < -0.4 is 0 Å². The van der Waals surface area contributed by atoms with Gasteiger partial charge in [-0.2, -0.15) is 0 Å². The molecule has 5 nitrogen and oxygen atoms in total. The van der Waals surface area contributed by atoms with Gasteiger partial charge in [0.05, 0.1) is 6.54 Å². The topological polar surface area (TPSA) is 45.6 Å². The normalized spacial score (nSPS) is 13.3. The maximum atomic E-state index is 13.0. The van der Waals surface area contributed by atoms with Crippen molar-refractivity contribution in [3.8, 4) is 0 Å². The number of aryl methyl sites for hydroxylation is 1. The van der Waals surface area contributed by atoms with Crippen LogP contribution in [0.2, 0.25) is 5.02 Å². The first-order valence-corrected chi connectivity index (χ1v) is 9.43. The second kappa shape index (κ2) is 8.44. The third-order valence-electron chi connectivity index (χ3n) is 4.75. The Morgan fingerprint density at radius 3 is 2.52 bits per heavy atom. The number of rotatable bonds is 8. The summed E-state index contributed by atoms with van der Waals surface area (Å²) >= 11 is 5.90. The van der Waals surface area contributed by atoms with Crippen molar-refractivity contribution < 1.29 is 9.59 Å². The molecule has 1 saturated carbocycles. The summed E-state index contributed by atoms with van der Waals surface area (Å²) in [6.07, 6.45) is 5.64. The smallest absolute Gasteiger partial charge is 0.254 e. The molecule has 2 amide bonds. The van der Waals surface area contributed by atoms with Gasteiger partial charge in [0, 0.05) is 42.1 Å². The molecule has 1 aromatic heterocycles. The van der Waals surface area contributed by atoms with E-state index >= 15 is 0 Å². The number of carbonyl (C=O) groups excluding carboxylic acids is 2. The number of carbonyl (C=O) groups is 2. The highest BCUT2D eigenvalue weighted by atomic mass is 35.5. The Labute approximate surface area is 164 Å². The lowest BCUT2D eigenvalue weighted by Crippen LogP contribution is -2.43. The Balaban J connectivity index is 1.72. The van der Waals surface area contributed by atoms with E-state index in [1.54, 1.807) is 30.3 Å². The van der Waals surface area contributed by atoms with E-state index in [0.29, 0.717) is 23.7 Å². The van der Waals surface area contributed by atoms with Gasteiger partial charge in [0.2, 0.25) is 5.91 Å². The van der Waals surface area contributed by atoms with Crippen LogP contribution in [0.1, 0.15) is 28.9 Å². The zero-order valence-electron chi connectivity index (χ0n) is 15.5. The van der Waals surface area contributed by atoms with E-state index < -0.39 is 0 Å². The van der Waals surface area contributed by atoms with E-state index in [2.05, 4.69) is 6.58 Å². The summed E-state index contributed by atoms with van der Waals surface area (Å²) in [7, 11) is 1.97. The monoisotopic (exact) mass is 385 g/mol. The zero-order valence-corrected chi connectivity index (χ0v) is 16.2. The average molecular weight is 386 g/mol. The van der Waals surface area contributed by atoms with Crippen LogP contribution in [0.4, 0.5) is 0 Å². The zero-order chi connectivity index (χ0) is 19.4. The van der Waals surface area contributed by atoms with Gasteiger partial charge in [0.1, 0.15) is 6.54 Å². The molecule has 2 aromatic rings. The molecule has 0 spiro atoms. The molecule has 0 atom stereocenters. The van der Waals surface area contributed by atoms with E-state index in [1.807, 2.05) is 34.8 Å². The number of benzene rings is 1. The fraction of sp³-hybridized carbons (Fsp3) is 0.333. The Morgan fingerprint density at radius 2 is 1.96 bits per heavy atom. The van der Waals surface area contributed by atoms with Gasteiger partial charge in [0.25, 0.3) is 5.91 Å². The minimum atomic E-state index is -0.200. The lowest BCUT2D eigenvalue weighted by molar-refractivity contribution is -0.133. The van der Waals surface area contributed by atoms with Gasteiger partial charge in [-0.1, -0.05) is 17.7 Å². The molecule has 0 radical (unpaired) electrons. The summed E-state index contributed by atoms with van der Waals surface area (Å²) < 4.78 is 2.02. The molecule has 142 valence electrons. The third-order valence-corrected chi connectivity index (χ3v) is 5.00. The number of amides is 2. The molecule has 0 bridgehead atoms. The highest BCUT2D eigenvalue weighted by Crippen LogP contribution is 2.28. The Kier molecular flexibility index (Phi) is 6.01. The molecule has 1 heterocycles. The number of hydrogen-bond donors (Lipinski definition) is 0. The van der Waals surface area contributed by atoms with Crippen molar-refractivity contribution in [2.24, 2.45) is 7.05 Å². The quantitative estimate of drug-likeness (QED) is 0.653. The van der Waals surface area contributed by atoms with E-state index in [-0.39, 0.29) is 24.4 Å². The Bertz CT molecular complexity index is 824. The Morgan fingerprint density at radius 1 is 1.26 bits per heavy atom. The molecule has 1 fully saturated rings. The van der Waals surface area contributed by atoms with Crippen molar-refractivity contribution in [3.63, 3.8) is 0 Å². The van der Waals surface area contributed by atoms with E-state index in [0.717, 1.165) is 18.5 Å². The first kappa shape index (κ1) is 19.2. The van der Waals surface area contributed by atoms with Crippen LogP contribution in [0.5, 0.6) is 0 Å². The van der Waals surface area contributed by atoms with Crippen molar-refractivity contribution in [1.29, 1.82) is 0 Å². The summed E-state index contributed by atoms with van der Waals surface area (Å²) in [5, 5.41) is 0.570. The fourth-order valence-electron chi connectivity index (χ4n) is 3.05. The molecule has 27 heavy (non-hydrogen) atoms. The van der Waals surface area contributed by atoms with Crippen molar-refractivity contribution in [2.45, 2.75) is 25.4 Å². The highest BCUT2D eigenvalue weighted by Gasteiger charge is 2.34. The van der Waals surface area contributed by atoms with Gasteiger partial charge in [-0.15, -0.1) is 6.58 Å². The highest BCUT2D eigenvalue weighted by molar-refractivity contribution is 6.30. The first-order valence-electron chi connectivity index (χ1n) is 9.05. The maximum absolute atomic E-state index is 13.0. The molecule has 3 rings (SSSR count). The van der Waals surface area contributed by atoms with Gasteiger partial charge >= 0.3 is 0 Å². The standard InChI is InChI=1S/C21H24ClN3O2/c1-3-12-24(21(27)16-6-8-17(22)9-7-16)15-20(26)25(18-10-11-18)14-19-5-4-13-23(19)2/h3-9,13,18H,1,10-12,14-15H2,2H3. The summed E-state index contributed by atoms with van der Waals surface area (Å²) in [6, 6.07) is 11.0. The minimum absolute atomic E-state index is 0.0361. The third kappa shape index (κ3) is 4.80. The molecule has 0 unspecified atom stereocenters. The molecular formula is C21H24ClN3O2. The van der Waals surface area contributed by atoms with Gasteiger partial charge < -0.3 is 14.4 Å². The van der Waals surface area contributed by atoms with Crippen LogP contribution in [0.15, 0.2) is 55.3 Å². The van der Waals surface area contributed by atoms with Gasteiger partial charge in [-0.3, -0.25) is 9.59 Å². The van der Waals surface area contributed by atoms with Gasteiger partial charge in [-0.05, 0) is 49.2 Å². The van der Waals surface area contributed by atoms with Crippen LogP contribution in [0.25, 0.3) is 0 Å². The number of halogens is 1. The van der Waals surface area contributed by atoms with Crippen LogP contribution >= 0.6 is 11.6 Å². The number of nitrogens with zero attached hydrogens (tertiary/aromatic N) is 3. The predicted octanol–water partition coefficient (Wildman–Crippen LogP) is 3.50. The van der Waals surface area contributed by atoms with Crippen molar-refractivity contribution in [3.05, 3.63) is 71.5 Å². The largest absolute Gasteiger partial charge is 0.353 e. The van der Waals surface area contributed by atoms with Crippen molar-refractivity contribution in [1.82, 2.24) is 14.4 Å². The average Bonchev–Trinajstić information content (AvgIpc) is 3.41. The lowest BCUT2D eigenvalue weighted by atomic mass is 10.2. The summed E-state index contributed by atoms with van der Waals surface area (Å²) in [6.45, 7) is 4.63. The molecular weight excluding hydrogens is 362 g/mol. The van der Waals surface area contributed by atoms with Crippen LogP contribution in [-0.2, 0) is 18.4 Å². The van der Waals surface area contributed by atoms with Gasteiger partial charge in [0.15, 0.2) is 0 Å². The molecule has 0 saturated heterocycles. The first-order chi connectivity index (χ1) is 13.0. The van der Waals surface area contributed by atoms with E-state index in [4.69, 9.17) is 11.6 Å². The second-order valence-corrected chi connectivity index (χ2v) is 7.28. The summed E-state index contributed by atoms with van der Waals surface area (Å²) in [5.74, 6) is -0.239. The van der Waals surface area contributed by atoms with Crippen LogP contribution in [0.3, 0.4) is 0 Å². The molecule has 0 aliphatic heterocycles. The molecule has 6 heteroatoms. The lowest BCUT2D eigenvalue weighted by Gasteiger charge is -2.27. The van der Waals surface area contributed by atoms with Crippen LogP contribution in [0, 0.1) is 0 Å². The fourth-order valence-corrected chi connectivity index (χ4v) is 3.17. The molecule has 1 aromatic carbocycles.